The van der Waals surface area contributed by atoms with Crippen molar-refractivity contribution >= 4 is 17.0 Å². The predicted molar refractivity (Wildman–Crippen MR) is 67.7 cm³/mol. The maximum Gasteiger partial charge on any atom is 0.135 e. The first-order valence-corrected chi connectivity index (χ1v) is 6.43. The van der Waals surface area contributed by atoms with Crippen molar-refractivity contribution in [2.24, 2.45) is 5.10 Å². The van der Waals surface area contributed by atoms with Crippen molar-refractivity contribution in [3.8, 4) is 0 Å². The summed E-state index contributed by atoms with van der Waals surface area (Å²) >= 11 is 1.60. The monoisotopic (exact) mass is 264 g/mol. The highest BCUT2D eigenvalue weighted by Gasteiger charge is 2.25. The van der Waals surface area contributed by atoms with Crippen molar-refractivity contribution < 1.29 is 8.78 Å². The Morgan fingerprint density at radius 2 is 1.94 bits per heavy atom. The summed E-state index contributed by atoms with van der Waals surface area (Å²) in [4.78, 5) is 1.12. The van der Waals surface area contributed by atoms with Crippen molar-refractivity contribution in [1.29, 1.82) is 0 Å². The summed E-state index contributed by atoms with van der Waals surface area (Å²) in [6.45, 7) is 0. The van der Waals surface area contributed by atoms with E-state index >= 15 is 0 Å². The van der Waals surface area contributed by atoms with Gasteiger partial charge in [-0.15, -0.1) is 11.3 Å². The predicted octanol–water partition coefficient (Wildman–Crippen LogP) is 3.47. The summed E-state index contributed by atoms with van der Waals surface area (Å²) in [7, 11) is 0. The molecule has 2 aromatic rings. The Labute approximate surface area is 107 Å². The summed E-state index contributed by atoms with van der Waals surface area (Å²) in [5, 5.41) is 6.03. The van der Waals surface area contributed by atoms with Crippen molar-refractivity contribution in [3.05, 3.63) is 57.8 Å². The molecular formula is C13H10F2N2S. The van der Waals surface area contributed by atoms with E-state index in [1.165, 1.54) is 18.2 Å². The van der Waals surface area contributed by atoms with Crippen LogP contribution in [0.5, 0.6) is 0 Å². The van der Waals surface area contributed by atoms with Crippen LogP contribution < -0.4 is 5.43 Å². The van der Waals surface area contributed by atoms with Gasteiger partial charge in [-0.25, -0.2) is 8.78 Å². The summed E-state index contributed by atoms with van der Waals surface area (Å²) in [6.07, 6.45) is 0.498. The topological polar surface area (TPSA) is 24.4 Å². The lowest BCUT2D eigenvalue weighted by atomic mass is 10.0. The number of nitrogens with one attached hydrogen (secondary N) is 1. The average molecular weight is 264 g/mol. The molecule has 0 saturated heterocycles. The molecule has 5 heteroatoms. The molecule has 0 radical (unpaired) electrons. The summed E-state index contributed by atoms with van der Waals surface area (Å²) in [5.74, 6) is -1.13. The van der Waals surface area contributed by atoms with Crippen LogP contribution in [0.3, 0.4) is 0 Å². The Balaban J connectivity index is 1.88. The maximum absolute atomic E-state index is 13.6. The van der Waals surface area contributed by atoms with Crippen LogP contribution in [-0.4, -0.2) is 5.71 Å². The third-order valence-electron chi connectivity index (χ3n) is 2.89. The summed E-state index contributed by atoms with van der Waals surface area (Å²) in [5.41, 5.74) is 3.34. The fraction of sp³-hybridized carbons (Fsp3) is 0.154. The summed E-state index contributed by atoms with van der Waals surface area (Å²) < 4.78 is 27.3. The highest BCUT2D eigenvalue weighted by atomic mass is 32.1. The first-order valence-electron chi connectivity index (χ1n) is 5.55. The number of hydrogen-bond donors (Lipinski definition) is 1. The third kappa shape index (κ3) is 1.90. The van der Waals surface area contributed by atoms with Crippen LogP contribution in [0.2, 0.25) is 0 Å². The van der Waals surface area contributed by atoms with Gasteiger partial charge >= 0.3 is 0 Å². The largest absolute Gasteiger partial charge is 0.301 e. The lowest BCUT2D eigenvalue weighted by molar-refractivity contribution is 0.578. The number of hydrazone groups is 1. The molecule has 1 aliphatic rings. The second kappa shape index (κ2) is 4.49. The first kappa shape index (κ1) is 11.3. The lowest BCUT2D eigenvalue weighted by Gasteiger charge is -2.07. The lowest BCUT2D eigenvalue weighted by Crippen LogP contribution is -2.08. The standard InChI is InChI=1S/C13H10F2N2S/c14-8-3-1-4-9(15)13(8)11-7-10(16-17-11)12-5-2-6-18-12/h1-6,10,16H,7H2. The number of nitrogens with zero attached hydrogens (tertiary/aromatic N) is 1. The van der Waals surface area contributed by atoms with Gasteiger partial charge in [-0.05, 0) is 23.6 Å². The van der Waals surface area contributed by atoms with Crippen molar-refractivity contribution in [1.82, 2.24) is 5.43 Å². The maximum atomic E-state index is 13.6. The third-order valence-corrected chi connectivity index (χ3v) is 3.88. The van der Waals surface area contributed by atoms with Crippen LogP contribution in [0, 0.1) is 11.6 Å². The number of halogens is 2. The molecule has 92 valence electrons. The minimum Gasteiger partial charge on any atom is -0.301 e. The molecular weight excluding hydrogens is 254 g/mol. The van der Waals surface area contributed by atoms with Gasteiger partial charge in [0.2, 0.25) is 0 Å². The molecule has 3 rings (SSSR count). The number of rotatable bonds is 2. The van der Waals surface area contributed by atoms with Crippen molar-refractivity contribution in [2.75, 3.05) is 0 Å². The van der Waals surface area contributed by atoms with E-state index in [4.69, 9.17) is 0 Å². The van der Waals surface area contributed by atoms with Gasteiger partial charge in [-0.3, -0.25) is 0 Å². The Morgan fingerprint density at radius 1 is 1.17 bits per heavy atom. The van der Waals surface area contributed by atoms with Gasteiger partial charge < -0.3 is 5.43 Å². The zero-order valence-electron chi connectivity index (χ0n) is 9.36. The summed E-state index contributed by atoms with van der Waals surface area (Å²) in [6, 6.07) is 7.80. The zero-order chi connectivity index (χ0) is 12.5. The van der Waals surface area contributed by atoms with Gasteiger partial charge in [0.1, 0.15) is 11.6 Å². The first-order chi connectivity index (χ1) is 8.75. The molecule has 0 fully saturated rings. The molecule has 0 spiro atoms. The number of benzene rings is 1. The molecule has 0 saturated carbocycles. The van der Waals surface area contributed by atoms with Gasteiger partial charge in [0.05, 0.1) is 17.3 Å². The van der Waals surface area contributed by atoms with E-state index in [-0.39, 0.29) is 11.6 Å². The van der Waals surface area contributed by atoms with Crippen molar-refractivity contribution in [2.45, 2.75) is 12.5 Å². The van der Waals surface area contributed by atoms with E-state index < -0.39 is 11.6 Å². The van der Waals surface area contributed by atoms with E-state index in [1.807, 2.05) is 17.5 Å². The molecule has 1 aliphatic heterocycles. The van der Waals surface area contributed by atoms with E-state index in [1.54, 1.807) is 11.3 Å². The van der Waals surface area contributed by atoms with Crippen molar-refractivity contribution in [3.63, 3.8) is 0 Å². The second-order valence-electron chi connectivity index (χ2n) is 4.06. The quantitative estimate of drug-likeness (QED) is 0.882. The van der Waals surface area contributed by atoms with Crippen LogP contribution in [-0.2, 0) is 0 Å². The fourth-order valence-corrected chi connectivity index (χ4v) is 2.80. The molecule has 2 heterocycles. The fourth-order valence-electron chi connectivity index (χ4n) is 2.03. The highest BCUT2D eigenvalue weighted by molar-refractivity contribution is 7.10. The van der Waals surface area contributed by atoms with E-state index in [9.17, 15) is 8.78 Å². The molecule has 0 aliphatic carbocycles. The normalized spacial score (nSPS) is 18.6. The minimum atomic E-state index is -0.567. The second-order valence-corrected chi connectivity index (χ2v) is 5.04. The molecule has 1 unspecified atom stereocenters. The van der Waals surface area contributed by atoms with Gasteiger partial charge in [-0.1, -0.05) is 12.1 Å². The van der Waals surface area contributed by atoms with Gasteiger partial charge in [0.25, 0.3) is 0 Å². The Hall–Kier alpha value is -1.75. The molecule has 0 amide bonds. The molecule has 18 heavy (non-hydrogen) atoms. The molecule has 1 aromatic heterocycles. The SMILES string of the molecule is Fc1cccc(F)c1C1=NNC(c2cccs2)C1. The molecule has 1 aromatic carbocycles. The molecule has 2 nitrogen and oxygen atoms in total. The Morgan fingerprint density at radius 3 is 2.61 bits per heavy atom. The zero-order valence-corrected chi connectivity index (χ0v) is 10.2. The minimum absolute atomic E-state index is 0.0130. The van der Waals surface area contributed by atoms with Gasteiger partial charge in [0, 0.05) is 11.3 Å². The number of hydrogen-bond acceptors (Lipinski definition) is 3. The number of thiophene rings is 1. The molecule has 1 N–H and O–H groups in total. The van der Waals surface area contributed by atoms with E-state index in [0.717, 1.165) is 4.88 Å². The smallest absolute Gasteiger partial charge is 0.135 e. The van der Waals surface area contributed by atoms with Crippen LogP contribution >= 0.6 is 11.3 Å². The average Bonchev–Trinajstić information content (AvgIpc) is 2.99. The van der Waals surface area contributed by atoms with Gasteiger partial charge in [-0.2, -0.15) is 5.10 Å². The Bertz CT molecular complexity index is 573. The van der Waals surface area contributed by atoms with Crippen LogP contribution in [0.1, 0.15) is 22.9 Å². The van der Waals surface area contributed by atoms with E-state index in [2.05, 4.69) is 10.5 Å². The van der Waals surface area contributed by atoms with E-state index in [0.29, 0.717) is 12.1 Å². The van der Waals surface area contributed by atoms with Crippen LogP contribution in [0.4, 0.5) is 8.78 Å². The molecule has 1 atom stereocenters. The van der Waals surface area contributed by atoms with Gasteiger partial charge in [0.15, 0.2) is 0 Å². The highest BCUT2D eigenvalue weighted by Crippen LogP contribution is 2.29. The van der Waals surface area contributed by atoms with Crippen LogP contribution in [0.25, 0.3) is 0 Å². The Kier molecular flexibility index (Phi) is 2.83. The molecule has 0 bridgehead atoms. The van der Waals surface area contributed by atoms with Crippen LogP contribution in [0.15, 0.2) is 40.8 Å².